The maximum atomic E-state index is 12.1. The number of fused-ring (bicyclic) bond motifs is 1. The zero-order chi connectivity index (χ0) is 16.9. The molecule has 3 aromatic rings. The van der Waals surface area contributed by atoms with Gasteiger partial charge in [0.25, 0.3) is 0 Å². The SMILES string of the molecule is O=C(NN=CC=Cc1ccccc1)c1cc2cc(Br)cc(I)c2o1. The van der Waals surface area contributed by atoms with Crippen LogP contribution in [0.4, 0.5) is 0 Å². The lowest BCUT2D eigenvalue weighted by Crippen LogP contribution is -2.16. The number of carbonyl (C=O) groups is 1. The number of nitrogens with zero attached hydrogens (tertiary/aromatic N) is 1. The molecule has 0 atom stereocenters. The number of allylic oxidation sites excluding steroid dienone is 1. The lowest BCUT2D eigenvalue weighted by molar-refractivity contribution is 0.0929. The summed E-state index contributed by atoms with van der Waals surface area (Å²) in [4.78, 5) is 12.1. The second-order valence-corrected chi connectivity index (χ2v) is 6.98. The van der Waals surface area contributed by atoms with Crippen LogP contribution in [0, 0.1) is 3.57 Å². The van der Waals surface area contributed by atoms with Crippen molar-refractivity contribution >= 4 is 67.7 Å². The van der Waals surface area contributed by atoms with Crippen molar-refractivity contribution in [3.8, 4) is 0 Å². The molecule has 1 heterocycles. The number of amides is 1. The van der Waals surface area contributed by atoms with Gasteiger partial charge in [-0.15, -0.1) is 0 Å². The summed E-state index contributed by atoms with van der Waals surface area (Å²) in [6.45, 7) is 0. The summed E-state index contributed by atoms with van der Waals surface area (Å²) in [5, 5.41) is 4.76. The molecule has 6 heteroatoms. The van der Waals surface area contributed by atoms with Crippen LogP contribution in [0.2, 0.25) is 0 Å². The van der Waals surface area contributed by atoms with Crippen molar-refractivity contribution in [1.29, 1.82) is 0 Å². The van der Waals surface area contributed by atoms with Crippen LogP contribution >= 0.6 is 38.5 Å². The fraction of sp³-hybridized carbons (Fsp3) is 0. The normalized spacial score (nSPS) is 11.6. The molecule has 0 unspecified atom stereocenters. The van der Waals surface area contributed by atoms with E-state index in [4.69, 9.17) is 4.42 Å². The van der Waals surface area contributed by atoms with Gasteiger partial charge in [-0.1, -0.05) is 52.3 Å². The summed E-state index contributed by atoms with van der Waals surface area (Å²) >= 11 is 5.60. The first kappa shape index (κ1) is 16.9. The zero-order valence-electron chi connectivity index (χ0n) is 12.4. The molecule has 4 nitrogen and oxygen atoms in total. The number of hydrazone groups is 1. The van der Waals surface area contributed by atoms with Crippen molar-refractivity contribution in [1.82, 2.24) is 5.43 Å². The minimum Gasteiger partial charge on any atom is -0.450 e. The second kappa shape index (κ2) is 7.76. The third kappa shape index (κ3) is 4.12. The first-order valence-corrected chi connectivity index (χ1v) is 8.94. The monoisotopic (exact) mass is 494 g/mol. The number of rotatable bonds is 4. The lowest BCUT2D eigenvalue weighted by atomic mass is 10.2. The molecule has 24 heavy (non-hydrogen) atoms. The first-order chi connectivity index (χ1) is 11.6. The highest BCUT2D eigenvalue weighted by atomic mass is 127. The summed E-state index contributed by atoms with van der Waals surface area (Å²) in [6.07, 6.45) is 5.18. The second-order valence-electron chi connectivity index (χ2n) is 4.91. The maximum absolute atomic E-state index is 12.1. The van der Waals surface area contributed by atoms with Crippen LogP contribution in [-0.4, -0.2) is 12.1 Å². The van der Waals surface area contributed by atoms with Gasteiger partial charge in [0.05, 0.1) is 3.57 Å². The highest BCUT2D eigenvalue weighted by Gasteiger charge is 2.13. The van der Waals surface area contributed by atoms with Gasteiger partial charge in [0.2, 0.25) is 0 Å². The van der Waals surface area contributed by atoms with E-state index in [1.54, 1.807) is 12.1 Å². The van der Waals surface area contributed by atoms with Crippen molar-refractivity contribution in [2.45, 2.75) is 0 Å². The number of hydrogen-bond donors (Lipinski definition) is 1. The first-order valence-electron chi connectivity index (χ1n) is 7.07. The molecule has 0 bridgehead atoms. The molecular weight excluding hydrogens is 483 g/mol. The average molecular weight is 495 g/mol. The topological polar surface area (TPSA) is 54.6 Å². The van der Waals surface area contributed by atoms with E-state index < -0.39 is 0 Å². The van der Waals surface area contributed by atoms with Gasteiger partial charge in [-0.3, -0.25) is 4.79 Å². The molecule has 0 spiro atoms. The molecule has 1 amide bonds. The highest BCUT2D eigenvalue weighted by molar-refractivity contribution is 14.1. The zero-order valence-corrected chi connectivity index (χ0v) is 16.1. The standard InChI is InChI=1S/C18H12BrIN2O2/c19-14-9-13-10-16(24-17(13)15(20)11-14)18(23)22-21-8-4-7-12-5-2-1-3-6-12/h1-11H,(H,22,23). The van der Waals surface area contributed by atoms with Gasteiger partial charge in [0.15, 0.2) is 5.76 Å². The molecule has 0 saturated carbocycles. The summed E-state index contributed by atoms with van der Waals surface area (Å²) in [5.41, 5.74) is 4.21. The van der Waals surface area contributed by atoms with Crippen molar-refractivity contribution < 1.29 is 9.21 Å². The minimum absolute atomic E-state index is 0.227. The van der Waals surface area contributed by atoms with Gasteiger partial charge in [-0.2, -0.15) is 5.10 Å². The quantitative estimate of drug-likeness (QED) is 0.307. The molecule has 0 aliphatic rings. The van der Waals surface area contributed by atoms with Crippen LogP contribution in [0.25, 0.3) is 17.0 Å². The van der Waals surface area contributed by atoms with Gasteiger partial charge in [-0.05, 0) is 52.4 Å². The van der Waals surface area contributed by atoms with Crippen LogP contribution in [0.3, 0.4) is 0 Å². The largest absolute Gasteiger partial charge is 0.450 e. The summed E-state index contributed by atoms with van der Waals surface area (Å²) in [5.74, 6) is -0.160. The molecule has 0 fully saturated rings. The van der Waals surface area contributed by atoms with Crippen molar-refractivity contribution in [3.63, 3.8) is 0 Å². The van der Waals surface area contributed by atoms with Crippen molar-refractivity contribution in [2.24, 2.45) is 5.10 Å². The Labute approximate surface area is 160 Å². The Morgan fingerprint density at radius 3 is 2.79 bits per heavy atom. The Balaban J connectivity index is 1.66. The maximum Gasteiger partial charge on any atom is 0.307 e. The number of halogens is 2. The van der Waals surface area contributed by atoms with Gasteiger partial charge in [0.1, 0.15) is 5.58 Å². The summed E-state index contributed by atoms with van der Waals surface area (Å²) in [7, 11) is 0. The van der Waals surface area contributed by atoms with E-state index >= 15 is 0 Å². The molecule has 1 aromatic heterocycles. The Morgan fingerprint density at radius 2 is 2.00 bits per heavy atom. The van der Waals surface area contributed by atoms with Gasteiger partial charge in [0, 0.05) is 16.1 Å². The Bertz CT molecular complexity index is 933. The van der Waals surface area contributed by atoms with Gasteiger partial charge < -0.3 is 4.42 Å². The number of hydrogen-bond acceptors (Lipinski definition) is 3. The van der Waals surface area contributed by atoms with Gasteiger partial charge >= 0.3 is 5.91 Å². The van der Waals surface area contributed by atoms with E-state index in [9.17, 15) is 4.79 Å². The van der Waals surface area contributed by atoms with E-state index in [0.717, 1.165) is 19.0 Å². The summed E-state index contributed by atoms with van der Waals surface area (Å²) < 4.78 is 7.49. The third-order valence-electron chi connectivity index (χ3n) is 3.17. The molecule has 2 aromatic carbocycles. The number of benzene rings is 2. The van der Waals surface area contributed by atoms with E-state index in [0.29, 0.717) is 5.58 Å². The van der Waals surface area contributed by atoms with Crippen LogP contribution in [0.1, 0.15) is 16.1 Å². The van der Waals surface area contributed by atoms with Crippen LogP contribution in [0.15, 0.2) is 68.6 Å². The van der Waals surface area contributed by atoms with Gasteiger partial charge in [-0.25, -0.2) is 5.43 Å². The predicted octanol–water partition coefficient (Wildman–Crippen LogP) is 5.23. The Hall–Kier alpha value is -1.93. The molecule has 0 radical (unpaired) electrons. The fourth-order valence-corrected chi connectivity index (χ4v) is 3.76. The molecule has 0 saturated heterocycles. The molecule has 0 aliphatic carbocycles. The van der Waals surface area contributed by atoms with Crippen molar-refractivity contribution in [2.75, 3.05) is 0 Å². The Kier molecular flexibility index (Phi) is 5.47. The molecule has 3 rings (SSSR count). The predicted molar refractivity (Wildman–Crippen MR) is 108 cm³/mol. The molecule has 1 N–H and O–H groups in total. The number of nitrogens with one attached hydrogen (secondary N) is 1. The summed E-state index contributed by atoms with van der Waals surface area (Å²) in [6, 6.07) is 15.4. The molecule has 0 aliphatic heterocycles. The number of furan rings is 1. The Morgan fingerprint density at radius 1 is 1.21 bits per heavy atom. The smallest absolute Gasteiger partial charge is 0.307 e. The molecular formula is C18H12BrIN2O2. The van der Waals surface area contributed by atoms with Crippen LogP contribution < -0.4 is 5.43 Å². The molecule has 120 valence electrons. The lowest BCUT2D eigenvalue weighted by Gasteiger charge is -1.95. The van der Waals surface area contributed by atoms with E-state index in [-0.39, 0.29) is 11.7 Å². The highest BCUT2D eigenvalue weighted by Crippen LogP contribution is 2.28. The van der Waals surface area contributed by atoms with Crippen LogP contribution in [-0.2, 0) is 0 Å². The van der Waals surface area contributed by atoms with E-state index in [2.05, 4.69) is 49.0 Å². The van der Waals surface area contributed by atoms with E-state index in [1.807, 2.05) is 48.5 Å². The van der Waals surface area contributed by atoms with E-state index in [1.165, 1.54) is 6.21 Å². The average Bonchev–Trinajstić information content (AvgIpc) is 3.00. The third-order valence-corrected chi connectivity index (χ3v) is 4.43. The van der Waals surface area contributed by atoms with Crippen molar-refractivity contribution in [3.05, 3.63) is 74.0 Å². The number of carbonyl (C=O) groups excluding carboxylic acids is 1. The minimum atomic E-state index is -0.387. The fourth-order valence-electron chi connectivity index (χ4n) is 2.10. The van der Waals surface area contributed by atoms with Crippen LogP contribution in [0.5, 0.6) is 0 Å².